The van der Waals surface area contributed by atoms with Crippen LogP contribution in [0.2, 0.25) is 5.02 Å². The Balaban J connectivity index is 1.79. The van der Waals surface area contributed by atoms with Crippen LogP contribution >= 0.6 is 27.5 Å². The standard InChI is InChI=1S/C18H15BrClN3O2/c1-23-15-8-13(20)5-4-10(15)7-16(23)18(25)22-9-12-3-2-11(17(21)24)6-14(12)19/h2-8H,9H2,1H3,(H2,21,24)(H,22,25). The molecule has 0 radical (unpaired) electrons. The Morgan fingerprint density at radius 1 is 1.20 bits per heavy atom. The van der Waals surface area contributed by atoms with Crippen molar-refractivity contribution < 1.29 is 9.59 Å². The van der Waals surface area contributed by atoms with Gasteiger partial charge in [-0.3, -0.25) is 9.59 Å². The second-order valence-electron chi connectivity index (χ2n) is 5.64. The molecule has 3 rings (SSSR count). The number of nitrogens with one attached hydrogen (secondary N) is 1. The van der Waals surface area contributed by atoms with Gasteiger partial charge in [-0.1, -0.05) is 39.7 Å². The van der Waals surface area contributed by atoms with Gasteiger partial charge in [-0.05, 0) is 35.9 Å². The average Bonchev–Trinajstić information content (AvgIpc) is 2.90. The van der Waals surface area contributed by atoms with E-state index in [-0.39, 0.29) is 5.91 Å². The summed E-state index contributed by atoms with van der Waals surface area (Å²) in [6.07, 6.45) is 0. The minimum Gasteiger partial charge on any atom is -0.366 e. The Kier molecular flexibility index (Phi) is 4.83. The number of carbonyl (C=O) groups is 2. The summed E-state index contributed by atoms with van der Waals surface area (Å²) in [5.41, 5.74) is 7.95. The number of aromatic nitrogens is 1. The second-order valence-corrected chi connectivity index (χ2v) is 6.94. The molecule has 5 nitrogen and oxygen atoms in total. The molecule has 0 spiro atoms. The minimum absolute atomic E-state index is 0.194. The van der Waals surface area contributed by atoms with Gasteiger partial charge in [0.1, 0.15) is 5.69 Å². The van der Waals surface area contributed by atoms with Crippen LogP contribution in [-0.2, 0) is 13.6 Å². The average molecular weight is 421 g/mol. The predicted octanol–water partition coefficient (Wildman–Crippen LogP) is 3.62. The van der Waals surface area contributed by atoms with Crippen LogP contribution in [0.4, 0.5) is 0 Å². The number of hydrogen-bond acceptors (Lipinski definition) is 2. The summed E-state index contributed by atoms with van der Waals surface area (Å²) in [6.45, 7) is 0.320. The first kappa shape index (κ1) is 17.5. The van der Waals surface area contributed by atoms with E-state index in [4.69, 9.17) is 17.3 Å². The third-order valence-corrected chi connectivity index (χ3v) is 4.99. The number of nitrogens with zero attached hydrogens (tertiary/aromatic N) is 1. The van der Waals surface area contributed by atoms with Crippen LogP contribution in [0, 0.1) is 0 Å². The van der Waals surface area contributed by atoms with Crippen molar-refractivity contribution in [3.05, 3.63) is 68.8 Å². The van der Waals surface area contributed by atoms with Gasteiger partial charge in [0.15, 0.2) is 0 Å². The van der Waals surface area contributed by atoms with Gasteiger partial charge >= 0.3 is 0 Å². The molecule has 128 valence electrons. The third kappa shape index (κ3) is 3.55. The van der Waals surface area contributed by atoms with Gasteiger partial charge in [0, 0.05) is 39.6 Å². The van der Waals surface area contributed by atoms with Crippen LogP contribution in [-0.4, -0.2) is 16.4 Å². The molecule has 1 heterocycles. The van der Waals surface area contributed by atoms with Crippen LogP contribution in [0.25, 0.3) is 10.9 Å². The van der Waals surface area contributed by atoms with Gasteiger partial charge in [0.2, 0.25) is 5.91 Å². The fourth-order valence-corrected chi connectivity index (χ4v) is 3.32. The number of rotatable bonds is 4. The van der Waals surface area contributed by atoms with E-state index < -0.39 is 5.91 Å². The summed E-state index contributed by atoms with van der Waals surface area (Å²) in [5.74, 6) is -0.689. The van der Waals surface area contributed by atoms with E-state index in [9.17, 15) is 9.59 Å². The summed E-state index contributed by atoms with van der Waals surface area (Å²) in [7, 11) is 1.82. The maximum atomic E-state index is 12.5. The molecule has 0 aliphatic rings. The van der Waals surface area contributed by atoms with Crippen molar-refractivity contribution in [3.8, 4) is 0 Å². The summed E-state index contributed by atoms with van der Waals surface area (Å²) in [4.78, 5) is 23.7. The number of fused-ring (bicyclic) bond motifs is 1. The number of nitrogens with two attached hydrogens (primary N) is 1. The smallest absolute Gasteiger partial charge is 0.268 e. The van der Waals surface area contributed by atoms with Crippen LogP contribution in [0.5, 0.6) is 0 Å². The third-order valence-electron chi connectivity index (χ3n) is 4.02. The van der Waals surface area contributed by atoms with E-state index in [2.05, 4.69) is 21.2 Å². The van der Waals surface area contributed by atoms with Crippen LogP contribution in [0.3, 0.4) is 0 Å². The highest BCUT2D eigenvalue weighted by molar-refractivity contribution is 9.10. The Morgan fingerprint density at radius 2 is 1.96 bits per heavy atom. The van der Waals surface area contributed by atoms with Gasteiger partial charge in [-0.25, -0.2) is 0 Å². The summed E-state index contributed by atoms with van der Waals surface area (Å²) >= 11 is 9.41. The van der Waals surface area contributed by atoms with Crippen LogP contribution < -0.4 is 11.1 Å². The Hall–Kier alpha value is -2.31. The van der Waals surface area contributed by atoms with Gasteiger partial charge in [0.05, 0.1) is 0 Å². The number of halogens is 2. The van der Waals surface area contributed by atoms with Gasteiger partial charge < -0.3 is 15.6 Å². The van der Waals surface area contributed by atoms with Crippen molar-refractivity contribution >= 4 is 50.2 Å². The molecule has 2 aromatic carbocycles. The first-order valence-corrected chi connectivity index (χ1v) is 8.65. The summed E-state index contributed by atoms with van der Waals surface area (Å²) in [6, 6.07) is 12.4. The Morgan fingerprint density at radius 3 is 2.64 bits per heavy atom. The molecule has 0 fully saturated rings. The first-order valence-electron chi connectivity index (χ1n) is 7.48. The molecule has 0 atom stereocenters. The lowest BCUT2D eigenvalue weighted by molar-refractivity contribution is 0.0941. The van der Waals surface area contributed by atoms with Crippen LogP contribution in [0.15, 0.2) is 46.9 Å². The quantitative estimate of drug-likeness (QED) is 0.676. The highest BCUT2D eigenvalue weighted by Gasteiger charge is 2.14. The van der Waals surface area contributed by atoms with E-state index in [0.29, 0.717) is 27.3 Å². The van der Waals surface area contributed by atoms with Gasteiger partial charge in [-0.15, -0.1) is 0 Å². The fourth-order valence-electron chi connectivity index (χ4n) is 2.63. The number of benzene rings is 2. The topological polar surface area (TPSA) is 77.1 Å². The van der Waals surface area contributed by atoms with Crippen molar-refractivity contribution in [2.45, 2.75) is 6.54 Å². The normalized spacial score (nSPS) is 10.8. The molecule has 0 unspecified atom stereocenters. The Labute approximate surface area is 157 Å². The van der Waals surface area contributed by atoms with Crippen molar-refractivity contribution in [1.82, 2.24) is 9.88 Å². The van der Waals surface area contributed by atoms with Gasteiger partial charge in [-0.2, -0.15) is 0 Å². The lowest BCUT2D eigenvalue weighted by Crippen LogP contribution is -2.25. The molecule has 2 amide bonds. The number of primary amides is 1. The molecule has 0 aliphatic heterocycles. The Bertz CT molecular complexity index is 997. The molecule has 0 saturated carbocycles. The molecule has 3 N–H and O–H groups in total. The molecule has 0 saturated heterocycles. The lowest BCUT2D eigenvalue weighted by Gasteiger charge is -2.09. The molecular weight excluding hydrogens is 406 g/mol. The fraction of sp³-hybridized carbons (Fsp3) is 0.111. The largest absolute Gasteiger partial charge is 0.366 e. The highest BCUT2D eigenvalue weighted by atomic mass is 79.9. The van der Waals surface area contributed by atoms with E-state index in [1.165, 1.54) is 0 Å². The zero-order valence-corrected chi connectivity index (χ0v) is 15.7. The zero-order valence-electron chi connectivity index (χ0n) is 13.3. The van der Waals surface area contributed by atoms with Crippen molar-refractivity contribution in [2.24, 2.45) is 12.8 Å². The van der Waals surface area contributed by atoms with Gasteiger partial charge in [0.25, 0.3) is 5.91 Å². The number of carbonyl (C=O) groups excluding carboxylic acids is 2. The van der Waals surface area contributed by atoms with Crippen LogP contribution in [0.1, 0.15) is 26.4 Å². The van der Waals surface area contributed by atoms with E-state index in [0.717, 1.165) is 16.5 Å². The monoisotopic (exact) mass is 419 g/mol. The second kappa shape index (κ2) is 6.90. The maximum Gasteiger partial charge on any atom is 0.268 e. The summed E-state index contributed by atoms with van der Waals surface area (Å²) < 4.78 is 2.52. The number of amides is 2. The van der Waals surface area contributed by atoms with E-state index in [1.54, 1.807) is 24.3 Å². The molecule has 3 aromatic rings. The maximum absolute atomic E-state index is 12.5. The molecule has 1 aromatic heterocycles. The first-order chi connectivity index (χ1) is 11.9. The zero-order chi connectivity index (χ0) is 18.1. The predicted molar refractivity (Wildman–Crippen MR) is 102 cm³/mol. The van der Waals surface area contributed by atoms with Crippen molar-refractivity contribution in [2.75, 3.05) is 0 Å². The number of hydrogen-bond donors (Lipinski definition) is 2. The number of aryl methyl sites for hydroxylation is 1. The molecule has 7 heteroatoms. The molecule has 25 heavy (non-hydrogen) atoms. The minimum atomic E-state index is -0.495. The van der Waals surface area contributed by atoms with Crippen molar-refractivity contribution in [3.63, 3.8) is 0 Å². The van der Waals surface area contributed by atoms with Crippen molar-refractivity contribution in [1.29, 1.82) is 0 Å². The lowest BCUT2D eigenvalue weighted by atomic mass is 10.1. The highest BCUT2D eigenvalue weighted by Crippen LogP contribution is 2.23. The van der Waals surface area contributed by atoms with E-state index in [1.807, 2.05) is 29.8 Å². The molecular formula is C18H15BrClN3O2. The molecule has 0 bridgehead atoms. The summed E-state index contributed by atoms with van der Waals surface area (Å²) in [5, 5.41) is 4.45. The van der Waals surface area contributed by atoms with E-state index >= 15 is 0 Å². The molecule has 0 aliphatic carbocycles. The SMILES string of the molecule is Cn1c(C(=O)NCc2ccc(C(N)=O)cc2Br)cc2ccc(Cl)cc21.